The number of aromatic nitrogens is 1. The van der Waals surface area contributed by atoms with Crippen molar-refractivity contribution >= 4 is 16.8 Å². The molecule has 0 bridgehead atoms. The van der Waals surface area contributed by atoms with Crippen molar-refractivity contribution in [2.45, 2.75) is 26.3 Å². The molecule has 1 aromatic carbocycles. The van der Waals surface area contributed by atoms with Gasteiger partial charge in [-0.2, -0.15) is 0 Å². The Morgan fingerprint density at radius 3 is 2.94 bits per heavy atom. The van der Waals surface area contributed by atoms with Crippen LogP contribution in [0.1, 0.15) is 30.6 Å². The number of fused-ring (bicyclic) bond motifs is 1. The second-order valence-corrected chi connectivity index (χ2v) is 4.20. The van der Waals surface area contributed by atoms with Crippen LogP contribution < -0.4 is 5.32 Å². The van der Waals surface area contributed by atoms with Crippen LogP contribution in [0.3, 0.4) is 0 Å². The molecule has 1 unspecified atom stereocenters. The normalized spacial score (nSPS) is 12.4. The topological polar surface area (TPSA) is 42.0 Å². The number of hydrogen-bond donors (Lipinski definition) is 1. The van der Waals surface area contributed by atoms with E-state index in [1.807, 2.05) is 44.2 Å². The van der Waals surface area contributed by atoms with Crippen molar-refractivity contribution in [3.05, 3.63) is 42.1 Å². The lowest BCUT2D eigenvalue weighted by molar-refractivity contribution is 0.0939. The summed E-state index contributed by atoms with van der Waals surface area (Å²) >= 11 is 0. The number of para-hydroxylation sites is 1. The highest BCUT2D eigenvalue weighted by Crippen LogP contribution is 2.12. The Morgan fingerprint density at radius 1 is 1.41 bits per heavy atom. The van der Waals surface area contributed by atoms with Crippen LogP contribution in [0.2, 0.25) is 0 Å². The van der Waals surface area contributed by atoms with Crippen LogP contribution in [0.4, 0.5) is 0 Å². The summed E-state index contributed by atoms with van der Waals surface area (Å²) < 4.78 is 0. The van der Waals surface area contributed by atoms with Crippen molar-refractivity contribution in [2.24, 2.45) is 0 Å². The Hall–Kier alpha value is -1.90. The Kier molecular flexibility index (Phi) is 3.38. The first-order valence-electron chi connectivity index (χ1n) is 5.86. The molecule has 88 valence electrons. The van der Waals surface area contributed by atoms with Gasteiger partial charge in [0.15, 0.2) is 0 Å². The smallest absolute Gasteiger partial charge is 0.253 e. The Labute approximate surface area is 101 Å². The standard InChI is InChI=1S/C14H16N2O/c1-3-10(2)16-14(17)12-8-11-6-4-5-7-13(11)15-9-12/h4-10H,3H2,1-2H3,(H,16,17). The number of benzene rings is 1. The lowest BCUT2D eigenvalue weighted by Gasteiger charge is -2.11. The molecule has 1 atom stereocenters. The van der Waals surface area contributed by atoms with E-state index in [4.69, 9.17) is 0 Å². The summed E-state index contributed by atoms with van der Waals surface area (Å²) in [6.07, 6.45) is 2.55. The summed E-state index contributed by atoms with van der Waals surface area (Å²) in [6, 6.07) is 9.84. The number of nitrogens with zero attached hydrogens (tertiary/aromatic N) is 1. The first-order chi connectivity index (χ1) is 8.20. The molecule has 0 aliphatic rings. The molecule has 17 heavy (non-hydrogen) atoms. The summed E-state index contributed by atoms with van der Waals surface area (Å²) in [5.41, 5.74) is 1.52. The van der Waals surface area contributed by atoms with Crippen molar-refractivity contribution in [1.29, 1.82) is 0 Å². The summed E-state index contributed by atoms with van der Waals surface area (Å²) in [5.74, 6) is -0.0578. The van der Waals surface area contributed by atoms with Gasteiger partial charge in [-0.15, -0.1) is 0 Å². The monoisotopic (exact) mass is 228 g/mol. The lowest BCUT2D eigenvalue weighted by atomic mass is 10.1. The van der Waals surface area contributed by atoms with Gasteiger partial charge in [-0.05, 0) is 25.5 Å². The van der Waals surface area contributed by atoms with Crippen LogP contribution in [0.15, 0.2) is 36.5 Å². The fraction of sp³-hybridized carbons (Fsp3) is 0.286. The molecule has 0 aliphatic carbocycles. The maximum atomic E-state index is 11.9. The van der Waals surface area contributed by atoms with Crippen molar-refractivity contribution in [2.75, 3.05) is 0 Å². The fourth-order valence-electron chi connectivity index (χ4n) is 1.60. The summed E-state index contributed by atoms with van der Waals surface area (Å²) in [7, 11) is 0. The number of amides is 1. The Bertz CT molecular complexity index is 536. The third-order valence-corrected chi connectivity index (χ3v) is 2.84. The average molecular weight is 228 g/mol. The minimum absolute atomic E-state index is 0.0578. The average Bonchev–Trinajstić information content (AvgIpc) is 2.38. The van der Waals surface area contributed by atoms with Gasteiger partial charge in [0.1, 0.15) is 0 Å². The van der Waals surface area contributed by atoms with Gasteiger partial charge in [-0.25, -0.2) is 0 Å². The number of carbonyl (C=O) groups excluding carboxylic acids is 1. The number of rotatable bonds is 3. The zero-order valence-electron chi connectivity index (χ0n) is 10.1. The second-order valence-electron chi connectivity index (χ2n) is 4.20. The van der Waals surface area contributed by atoms with E-state index in [1.54, 1.807) is 6.20 Å². The van der Waals surface area contributed by atoms with E-state index in [2.05, 4.69) is 10.3 Å². The third-order valence-electron chi connectivity index (χ3n) is 2.84. The van der Waals surface area contributed by atoms with Gasteiger partial charge in [0, 0.05) is 17.6 Å². The summed E-state index contributed by atoms with van der Waals surface area (Å²) in [4.78, 5) is 16.2. The lowest BCUT2D eigenvalue weighted by Crippen LogP contribution is -2.31. The zero-order chi connectivity index (χ0) is 12.3. The van der Waals surface area contributed by atoms with Crippen LogP contribution in [0.5, 0.6) is 0 Å². The summed E-state index contributed by atoms with van der Waals surface area (Å²) in [5, 5.41) is 3.92. The van der Waals surface area contributed by atoms with Gasteiger partial charge in [0.2, 0.25) is 0 Å². The number of carbonyl (C=O) groups is 1. The molecular weight excluding hydrogens is 212 g/mol. The minimum atomic E-state index is -0.0578. The molecule has 0 saturated carbocycles. The Morgan fingerprint density at radius 2 is 2.18 bits per heavy atom. The molecule has 2 aromatic rings. The third kappa shape index (κ3) is 2.61. The predicted molar refractivity (Wildman–Crippen MR) is 69.0 cm³/mol. The van der Waals surface area contributed by atoms with Crippen molar-refractivity contribution < 1.29 is 4.79 Å². The highest BCUT2D eigenvalue weighted by atomic mass is 16.1. The van der Waals surface area contributed by atoms with Gasteiger partial charge >= 0.3 is 0 Å². The highest BCUT2D eigenvalue weighted by Gasteiger charge is 2.09. The van der Waals surface area contributed by atoms with E-state index in [0.29, 0.717) is 5.56 Å². The summed E-state index contributed by atoms with van der Waals surface area (Å²) in [6.45, 7) is 4.04. The van der Waals surface area contributed by atoms with Crippen molar-refractivity contribution in [3.8, 4) is 0 Å². The van der Waals surface area contributed by atoms with Gasteiger partial charge < -0.3 is 5.32 Å². The number of pyridine rings is 1. The molecule has 1 amide bonds. The van der Waals surface area contributed by atoms with Crippen LogP contribution in [0, 0.1) is 0 Å². The largest absolute Gasteiger partial charge is 0.350 e. The van der Waals surface area contributed by atoms with Crippen LogP contribution >= 0.6 is 0 Å². The molecule has 0 spiro atoms. The number of nitrogens with one attached hydrogen (secondary N) is 1. The van der Waals surface area contributed by atoms with Gasteiger partial charge in [-0.1, -0.05) is 25.1 Å². The first kappa shape index (κ1) is 11.6. The molecule has 2 rings (SSSR count). The molecule has 3 heteroatoms. The van der Waals surface area contributed by atoms with Gasteiger partial charge in [0.25, 0.3) is 5.91 Å². The van der Waals surface area contributed by atoms with E-state index in [9.17, 15) is 4.79 Å². The van der Waals surface area contributed by atoms with Gasteiger partial charge in [-0.3, -0.25) is 9.78 Å². The van der Waals surface area contributed by atoms with E-state index < -0.39 is 0 Å². The van der Waals surface area contributed by atoms with E-state index >= 15 is 0 Å². The second kappa shape index (κ2) is 4.95. The van der Waals surface area contributed by atoms with E-state index in [0.717, 1.165) is 17.3 Å². The fourth-order valence-corrected chi connectivity index (χ4v) is 1.60. The van der Waals surface area contributed by atoms with E-state index in [-0.39, 0.29) is 11.9 Å². The van der Waals surface area contributed by atoms with Gasteiger partial charge in [0.05, 0.1) is 11.1 Å². The van der Waals surface area contributed by atoms with Crippen molar-refractivity contribution in [1.82, 2.24) is 10.3 Å². The van der Waals surface area contributed by atoms with Crippen LogP contribution in [0.25, 0.3) is 10.9 Å². The number of hydrogen-bond acceptors (Lipinski definition) is 2. The van der Waals surface area contributed by atoms with Crippen molar-refractivity contribution in [3.63, 3.8) is 0 Å². The first-order valence-corrected chi connectivity index (χ1v) is 5.86. The quantitative estimate of drug-likeness (QED) is 0.877. The molecule has 1 heterocycles. The maximum Gasteiger partial charge on any atom is 0.253 e. The van der Waals surface area contributed by atoms with Crippen LogP contribution in [-0.2, 0) is 0 Å². The molecule has 3 nitrogen and oxygen atoms in total. The van der Waals surface area contributed by atoms with E-state index in [1.165, 1.54) is 0 Å². The minimum Gasteiger partial charge on any atom is -0.350 e. The molecule has 1 N–H and O–H groups in total. The predicted octanol–water partition coefficient (Wildman–Crippen LogP) is 2.76. The molecular formula is C14H16N2O. The Balaban J connectivity index is 2.27. The molecule has 0 radical (unpaired) electrons. The molecule has 0 saturated heterocycles. The molecule has 0 aliphatic heterocycles. The molecule has 0 fully saturated rings. The van der Waals surface area contributed by atoms with Crippen LogP contribution in [-0.4, -0.2) is 16.9 Å². The SMILES string of the molecule is CCC(C)NC(=O)c1cnc2ccccc2c1. The molecule has 1 aromatic heterocycles. The maximum absolute atomic E-state index is 11.9. The zero-order valence-corrected chi connectivity index (χ0v) is 10.1. The highest BCUT2D eigenvalue weighted by molar-refractivity contribution is 5.97.